The van der Waals surface area contributed by atoms with E-state index in [1.54, 1.807) is 25.1 Å². The van der Waals surface area contributed by atoms with Crippen molar-refractivity contribution in [3.63, 3.8) is 0 Å². The van der Waals surface area contributed by atoms with Crippen molar-refractivity contribution in [2.45, 2.75) is 11.8 Å². The third-order valence-electron chi connectivity index (χ3n) is 5.59. The topological polar surface area (TPSA) is 117 Å². The fourth-order valence-electron chi connectivity index (χ4n) is 3.81. The summed E-state index contributed by atoms with van der Waals surface area (Å²) in [4.78, 5) is 26.9. The molecule has 37 heavy (non-hydrogen) atoms. The highest BCUT2D eigenvalue weighted by Gasteiger charge is 2.30. The van der Waals surface area contributed by atoms with E-state index in [4.69, 9.17) is 4.84 Å². The van der Waals surface area contributed by atoms with E-state index < -0.39 is 20.7 Å². The predicted octanol–water partition coefficient (Wildman–Crippen LogP) is 5.10. The maximum absolute atomic E-state index is 14.4. The molecule has 0 bridgehead atoms. The van der Waals surface area contributed by atoms with Crippen molar-refractivity contribution in [3.05, 3.63) is 96.7 Å². The Hall–Kier alpha value is -4.77. The van der Waals surface area contributed by atoms with E-state index in [1.807, 2.05) is 30.5 Å². The van der Waals surface area contributed by atoms with E-state index in [2.05, 4.69) is 20.3 Å². The Kier molecular flexibility index (Phi) is 6.28. The number of nitrogens with zero attached hydrogens (tertiary/aromatic N) is 3. The number of hydrogen-bond donors (Lipinski definition) is 2. The molecule has 11 heteroatoms. The number of fused-ring (bicyclic) bond motifs is 1. The number of rotatable bonds is 8. The highest BCUT2D eigenvalue weighted by Crippen LogP contribution is 2.29. The maximum Gasteiger partial charge on any atom is 0.322 e. The number of nitrogens with one attached hydrogen (secondary N) is 2. The Labute approximate surface area is 211 Å². The smallest absolute Gasteiger partial charge is 0.322 e. The molecule has 0 unspecified atom stereocenters. The molecule has 0 aliphatic rings. The number of halogens is 1. The lowest BCUT2D eigenvalue weighted by atomic mass is 10.1. The highest BCUT2D eigenvalue weighted by atomic mass is 32.2. The van der Waals surface area contributed by atoms with Crippen molar-refractivity contribution in [3.8, 4) is 11.3 Å². The second kappa shape index (κ2) is 9.70. The first-order valence-electron chi connectivity index (χ1n) is 11.0. The molecule has 3 aromatic carbocycles. The van der Waals surface area contributed by atoms with E-state index in [0.29, 0.717) is 27.2 Å². The molecule has 0 atom stereocenters. The van der Waals surface area contributed by atoms with Crippen LogP contribution in [0.1, 0.15) is 5.56 Å². The van der Waals surface area contributed by atoms with Crippen LogP contribution in [0.3, 0.4) is 0 Å². The van der Waals surface area contributed by atoms with Crippen LogP contribution in [-0.2, 0) is 19.7 Å². The average Bonchev–Trinajstić information content (AvgIpc) is 3.36. The van der Waals surface area contributed by atoms with E-state index in [1.165, 1.54) is 24.5 Å². The van der Waals surface area contributed by atoms with Gasteiger partial charge in [0.15, 0.2) is 0 Å². The molecule has 5 aromatic rings. The van der Waals surface area contributed by atoms with Crippen molar-refractivity contribution < 1.29 is 22.4 Å². The molecule has 0 radical (unpaired) electrons. The SMILES string of the molecule is Cc1ccc(S(=O)(=O)N(OC=O)c2ccc(Nc3cc(-c4ccc5[nH]ccc5c4)ncn3)cc2)c(F)c1. The molecule has 0 spiro atoms. The first-order valence-corrected chi connectivity index (χ1v) is 12.5. The van der Waals surface area contributed by atoms with Gasteiger partial charge in [0.05, 0.1) is 11.4 Å². The van der Waals surface area contributed by atoms with Gasteiger partial charge in [-0.25, -0.2) is 14.4 Å². The number of H-pyrrole nitrogens is 1. The van der Waals surface area contributed by atoms with Crippen LogP contribution in [0.15, 0.2) is 90.2 Å². The zero-order valence-corrected chi connectivity index (χ0v) is 20.2. The summed E-state index contributed by atoms with van der Waals surface area (Å²) in [6.07, 6.45) is 3.31. The summed E-state index contributed by atoms with van der Waals surface area (Å²) in [6.45, 7) is 1.59. The third-order valence-corrected chi connectivity index (χ3v) is 7.21. The Morgan fingerprint density at radius 1 is 1.00 bits per heavy atom. The van der Waals surface area contributed by atoms with Gasteiger partial charge in [-0.1, -0.05) is 16.6 Å². The number of hydrogen-bond acceptors (Lipinski definition) is 7. The lowest BCUT2D eigenvalue weighted by Gasteiger charge is -2.21. The molecule has 5 rings (SSSR count). The minimum absolute atomic E-state index is 0.000747. The van der Waals surface area contributed by atoms with Gasteiger partial charge in [0.1, 0.15) is 22.9 Å². The second-order valence-corrected chi connectivity index (χ2v) is 9.83. The molecule has 0 saturated carbocycles. The molecule has 0 aliphatic carbocycles. The Bertz CT molecular complexity index is 1700. The summed E-state index contributed by atoms with van der Waals surface area (Å²) in [5.41, 5.74) is 3.79. The van der Waals surface area contributed by atoms with Crippen molar-refractivity contribution in [1.82, 2.24) is 15.0 Å². The summed E-state index contributed by atoms with van der Waals surface area (Å²) in [5, 5.41) is 4.19. The monoisotopic (exact) mass is 517 g/mol. The summed E-state index contributed by atoms with van der Waals surface area (Å²) in [5.74, 6) is -0.435. The van der Waals surface area contributed by atoms with Crippen LogP contribution >= 0.6 is 0 Å². The molecule has 0 amide bonds. The van der Waals surface area contributed by atoms with Gasteiger partial charge in [-0.15, -0.1) is 0 Å². The Morgan fingerprint density at radius 2 is 1.81 bits per heavy atom. The van der Waals surface area contributed by atoms with Crippen molar-refractivity contribution in [2.24, 2.45) is 0 Å². The fraction of sp³-hybridized carbons (Fsp3) is 0.0385. The van der Waals surface area contributed by atoms with Crippen molar-refractivity contribution >= 4 is 44.6 Å². The van der Waals surface area contributed by atoms with Gasteiger partial charge >= 0.3 is 6.47 Å². The highest BCUT2D eigenvalue weighted by molar-refractivity contribution is 7.92. The number of benzene rings is 3. The fourth-order valence-corrected chi connectivity index (χ4v) is 5.08. The molecule has 2 aromatic heterocycles. The Balaban J connectivity index is 1.39. The number of anilines is 3. The van der Waals surface area contributed by atoms with E-state index >= 15 is 0 Å². The molecule has 0 fully saturated rings. The lowest BCUT2D eigenvalue weighted by molar-refractivity contribution is -0.128. The second-order valence-electron chi connectivity index (χ2n) is 8.11. The number of aryl methyl sites for hydroxylation is 1. The minimum Gasteiger partial charge on any atom is -0.361 e. The Morgan fingerprint density at radius 3 is 2.57 bits per heavy atom. The van der Waals surface area contributed by atoms with Gasteiger partial charge in [-0.3, -0.25) is 4.79 Å². The summed E-state index contributed by atoms with van der Waals surface area (Å²) in [6, 6.07) is 19.4. The minimum atomic E-state index is -4.52. The van der Waals surface area contributed by atoms with Gasteiger partial charge in [0, 0.05) is 34.4 Å². The van der Waals surface area contributed by atoms with Gasteiger partial charge in [0.2, 0.25) is 0 Å². The number of carbonyl (C=O) groups is 1. The first-order chi connectivity index (χ1) is 17.8. The molecule has 2 heterocycles. The normalized spacial score (nSPS) is 11.3. The predicted molar refractivity (Wildman–Crippen MR) is 137 cm³/mol. The molecular weight excluding hydrogens is 497 g/mol. The number of sulfonamides is 1. The zero-order valence-electron chi connectivity index (χ0n) is 19.4. The van der Waals surface area contributed by atoms with Crippen LogP contribution in [0, 0.1) is 12.7 Å². The average molecular weight is 518 g/mol. The van der Waals surface area contributed by atoms with Gasteiger partial charge in [-0.05, 0) is 67.1 Å². The maximum atomic E-state index is 14.4. The number of carbonyl (C=O) groups excluding carboxylic acids is 1. The van der Waals surface area contributed by atoms with Gasteiger partial charge in [-0.2, -0.15) is 8.42 Å². The standard InChI is InChI=1S/C26H20FN5O4S/c1-17-2-9-25(22(27)12-17)37(34,35)32(36-16-33)21-6-4-20(5-7-21)31-26-14-24(29-15-30-26)18-3-8-23-19(13-18)10-11-28-23/h2-16,28H,1H3,(H,29,30,31). The molecule has 186 valence electrons. The zero-order chi connectivity index (χ0) is 26.0. The molecule has 2 N–H and O–H groups in total. The van der Waals surface area contributed by atoms with E-state index in [-0.39, 0.29) is 12.2 Å². The molecule has 0 saturated heterocycles. The number of aromatic amines is 1. The molecule has 0 aliphatic heterocycles. The van der Waals surface area contributed by atoms with E-state index in [9.17, 15) is 17.6 Å². The van der Waals surface area contributed by atoms with Crippen LogP contribution in [0.4, 0.5) is 21.6 Å². The van der Waals surface area contributed by atoms with Crippen molar-refractivity contribution in [1.29, 1.82) is 0 Å². The molecule has 9 nitrogen and oxygen atoms in total. The molecular formula is C26H20FN5O4S. The van der Waals surface area contributed by atoms with Crippen LogP contribution in [0.5, 0.6) is 0 Å². The number of aromatic nitrogens is 3. The van der Waals surface area contributed by atoms with Crippen LogP contribution < -0.4 is 9.79 Å². The first kappa shape index (κ1) is 23.9. The van der Waals surface area contributed by atoms with Crippen LogP contribution in [0.25, 0.3) is 22.2 Å². The van der Waals surface area contributed by atoms with Crippen LogP contribution in [0.2, 0.25) is 0 Å². The van der Waals surface area contributed by atoms with Crippen LogP contribution in [-0.4, -0.2) is 29.8 Å². The largest absolute Gasteiger partial charge is 0.361 e. The van der Waals surface area contributed by atoms with E-state index in [0.717, 1.165) is 28.6 Å². The summed E-state index contributed by atoms with van der Waals surface area (Å²) < 4.78 is 40.9. The quantitative estimate of drug-likeness (QED) is 0.217. The lowest BCUT2D eigenvalue weighted by Crippen LogP contribution is -2.31. The van der Waals surface area contributed by atoms with Gasteiger partial charge in [0.25, 0.3) is 10.0 Å². The summed E-state index contributed by atoms with van der Waals surface area (Å²) >= 11 is 0. The summed E-state index contributed by atoms with van der Waals surface area (Å²) in [7, 11) is -4.52. The van der Waals surface area contributed by atoms with Crippen molar-refractivity contribution in [2.75, 3.05) is 9.79 Å². The van der Waals surface area contributed by atoms with Gasteiger partial charge < -0.3 is 15.1 Å². The third kappa shape index (κ3) is 4.84.